The zero-order valence-electron chi connectivity index (χ0n) is 17.5. The monoisotopic (exact) mass is 436 g/mol. The van der Waals surface area contributed by atoms with Crippen LogP contribution in [0, 0.1) is 29.5 Å². The highest BCUT2D eigenvalue weighted by Crippen LogP contribution is 2.54. The predicted molar refractivity (Wildman–Crippen MR) is 123 cm³/mol. The van der Waals surface area contributed by atoms with Crippen molar-refractivity contribution in [3.63, 3.8) is 0 Å². The Bertz CT molecular complexity index is 1100. The van der Waals surface area contributed by atoms with Crippen molar-refractivity contribution in [3.05, 3.63) is 71.1 Å². The molecule has 2 fully saturated rings. The second kappa shape index (κ2) is 8.23. The molecule has 0 radical (unpaired) electrons. The van der Waals surface area contributed by atoms with E-state index in [9.17, 15) is 9.18 Å². The highest BCUT2D eigenvalue weighted by molar-refractivity contribution is 6.30. The van der Waals surface area contributed by atoms with E-state index in [-0.39, 0.29) is 17.6 Å². The minimum absolute atomic E-state index is 0.0180. The Hall–Kier alpha value is -2.46. The molecule has 2 aliphatic rings. The summed E-state index contributed by atoms with van der Waals surface area (Å²) in [6.07, 6.45) is 6.25. The third-order valence-corrected chi connectivity index (χ3v) is 7.71. The number of pyridine rings is 1. The van der Waals surface area contributed by atoms with Crippen molar-refractivity contribution in [2.45, 2.75) is 38.5 Å². The second-order valence-corrected chi connectivity index (χ2v) is 9.70. The molecule has 1 N–H and O–H groups in total. The molecule has 2 aliphatic carbocycles. The number of benzene rings is 2. The summed E-state index contributed by atoms with van der Waals surface area (Å²) in [4.78, 5) is 17.2. The number of rotatable bonds is 4. The van der Waals surface area contributed by atoms with Crippen molar-refractivity contribution in [1.29, 1.82) is 0 Å². The summed E-state index contributed by atoms with van der Waals surface area (Å²) in [6, 6.07) is 14.2. The number of carbonyl (C=O) groups is 1. The van der Waals surface area contributed by atoms with Crippen molar-refractivity contribution in [1.82, 2.24) is 4.98 Å². The van der Waals surface area contributed by atoms with E-state index in [2.05, 4.69) is 16.4 Å². The molecule has 3 nitrogen and oxygen atoms in total. The van der Waals surface area contributed by atoms with Gasteiger partial charge in [-0.3, -0.25) is 9.78 Å². The van der Waals surface area contributed by atoms with E-state index in [1.54, 1.807) is 24.3 Å². The molecular formula is C26H26ClFN2O. The van der Waals surface area contributed by atoms with Gasteiger partial charge in [-0.15, -0.1) is 0 Å². The number of hydrogen-bond acceptors (Lipinski definition) is 2. The molecule has 1 aromatic heterocycles. The molecule has 160 valence electrons. The molecule has 0 aliphatic heterocycles. The maximum atomic E-state index is 13.9. The Morgan fingerprint density at radius 3 is 2.48 bits per heavy atom. The molecule has 1 heterocycles. The van der Waals surface area contributed by atoms with Crippen LogP contribution in [-0.4, -0.2) is 10.9 Å². The Morgan fingerprint density at radius 1 is 1.06 bits per heavy atom. The van der Waals surface area contributed by atoms with Gasteiger partial charge in [0.2, 0.25) is 5.91 Å². The molecule has 1 amide bonds. The molecule has 0 bridgehead atoms. The van der Waals surface area contributed by atoms with Gasteiger partial charge in [0.05, 0.1) is 5.52 Å². The quantitative estimate of drug-likeness (QED) is 0.487. The van der Waals surface area contributed by atoms with Gasteiger partial charge in [0.15, 0.2) is 0 Å². The molecule has 3 atom stereocenters. The topological polar surface area (TPSA) is 42.0 Å². The summed E-state index contributed by atoms with van der Waals surface area (Å²) < 4.78 is 13.9. The van der Waals surface area contributed by atoms with Crippen LogP contribution in [0.1, 0.15) is 44.1 Å². The van der Waals surface area contributed by atoms with Crippen LogP contribution in [0.3, 0.4) is 0 Å². The van der Waals surface area contributed by atoms with E-state index < -0.39 is 0 Å². The number of carbonyl (C=O) groups excluding carboxylic acids is 1. The van der Waals surface area contributed by atoms with Crippen LogP contribution in [0.4, 0.5) is 10.1 Å². The van der Waals surface area contributed by atoms with Crippen molar-refractivity contribution < 1.29 is 9.18 Å². The number of aromatic nitrogens is 1. The first-order chi connectivity index (χ1) is 15.0. The van der Waals surface area contributed by atoms with Crippen LogP contribution in [0.5, 0.6) is 0 Å². The average Bonchev–Trinajstić information content (AvgIpc) is 3.33. The third-order valence-electron chi connectivity index (χ3n) is 7.46. The van der Waals surface area contributed by atoms with Gasteiger partial charge in [0.1, 0.15) is 5.82 Å². The number of anilines is 1. The number of amides is 1. The van der Waals surface area contributed by atoms with Crippen molar-refractivity contribution in [2.24, 2.45) is 23.7 Å². The zero-order chi connectivity index (χ0) is 21.5. The van der Waals surface area contributed by atoms with Gasteiger partial charge in [0, 0.05) is 28.2 Å². The van der Waals surface area contributed by atoms with Gasteiger partial charge < -0.3 is 5.32 Å². The van der Waals surface area contributed by atoms with E-state index in [1.165, 1.54) is 11.6 Å². The Balaban J connectivity index is 1.24. The number of nitrogens with one attached hydrogen (secondary N) is 1. The van der Waals surface area contributed by atoms with E-state index >= 15 is 0 Å². The SMILES string of the molecule is CC(C(=O)Nc1ccc(Cl)cc1)C1CC2CC(c3ccnc4ccc(F)cc34)CC2C1. The van der Waals surface area contributed by atoms with E-state index in [0.717, 1.165) is 42.3 Å². The second-order valence-electron chi connectivity index (χ2n) is 9.27. The molecule has 3 aromatic rings. The van der Waals surface area contributed by atoms with Gasteiger partial charge in [-0.1, -0.05) is 18.5 Å². The van der Waals surface area contributed by atoms with Crippen LogP contribution in [0.15, 0.2) is 54.7 Å². The van der Waals surface area contributed by atoms with E-state index in [0.29, 0.717) is 28.7 Å². The molecule has 31 heavy (non-hydrogen) atoms. The van der Waals surface area contributed by atoms with Crippen LogP contribution in [0.2, 0.25) is 5.02 Å². The zero-order valence-corrected chi connectivity index (χ0v) is 18.3. The summed E-state index contributed by atoms with van der Waals surface area (Å²) in [5.74, 6) is 1.99. The number of hydrogen-bond donors (Lipinski definition) is 1. The lowest BCUT2D eigenvalue weighted by Crippen LogP contribution is -2.26. The fourth-order valence-corrected chi connectivity index (χ4v) is 5.95. The lowest BCUT2D eigenvalue weighted by Gasteiger charge is -2.21. The van der Waals surface area contributed by atoms with Crippen molar-refractivity contribution in [2.75, 3.05) is 5.32 Å². The third kappa shape index (κ3) is 4.06. The average molecular weight is 437 g/mol. The predicted octanol–water partition coefficient (Wildman–Crippen LogP) is 6.82. The van der Waals surface area contributed by atoms with Gasteiger partial charge in [0.25, 0.3) is 0 Å². The number of fused-ring (bicyclic) bond motifs is 2. The molecule has 3 unspecified atom stereocenters. The number of halogens is 2. The summed E-state index contributed by atoms with van der Waals surface area (Å²) in [7, 11) is 0. The lowest BCUT2D eigenvalue weighted by atomic mass is 9.86. The first-order valence-corrected chi connectivity index (χ1v) is 11.5. The Kier molecular flexibility index (Phi) is 5.43. The van der Waals surface area contributed by atoms with Crippen LogP contribution in [0.25, 0.3) is 10.9 Å². The molecule has 2 aromatic carbocycles. The van der Waals surface area contributed by atoms with Gasteiger partial charge >= 0.3 is 0 Å². The first-order valence-electron chi connectivity index (χ1n) is 11.1. The smallest absolute Gasteiger partial charge is 0.227 e. The highest BCUT2D eigenvalue weighted by atomic mass is 35.5. The molecule has 0 spiro atoms. The Morgan fingerprint density at radius 2 is 1.77 bits per heavy atom. The minimum Gasteiger partial charge on any atom is -0.326 e. The maximum Gasteiger partial charge on any atom is 0.227 e. The van der Waals surface area contributed by atoms with Gasteiger partial charge in [-0.05, 0) is 103 Å². The minimum atomic E-state index is -0.208. The van der Waals surface area contributed by atoms with E-state index in [4.69, 9.17) is 11.6 Å². The summed E-state index contributed by atoms with van der Waals surface area (Å²) in [5.41, 5.74) is 2.88. The Labute approximate surface area is 187 Å². The molecule has 5 heteroatoms. The van der Waals surface area contributed by atoms with Crippen molar-refractivity contribution in [3.8, 4) is 0 Å². The highest BCUT2D eigenvalue weighted by Gasteiger charge is 2.44. The summed E-state index contributed by atoms with van der Waals surface area (Å²) in [6.45, 7) is 2.05. The molecule has 2 saturated carbocycles. The fraction of sp³-hybridized carbons (Fsp3) is 0.385. The summed E-state index contributed by atoms with van der Waals surface area (Å²) in [5, 5.41) is 4.64. The van der Waals surface area contributed by atoms with Crippen LogP contribution >= 0.6 is 11.6 Å². The first kappa shape index (κ1) is 20.4. The van der Waals surface area contributed by atoms with Crippen molar-refractivity contribution >= 4 is 34.1 Å². The molecule has 0 saturated heterocycles. The molecule has 5 rings (SSSR count). The normalized spacial score (nSPS) is 26.0. The van der Waals surface area contributed by atoms with Crippen LogP contribution < -0.4 is 5.32 Å². The lowest BCUT2D eigenvalue weighted by molar-refractivity contribution is -0.120. The summed E-state index contributed by atoms with van der Waals surface area (Å²) >= 11 is 5.93. The number of nitrogens with zero attached hydrogens (tertiary/aromatic N) is 1. The van der Waals surface area contributed by atoms with Gasteiger partial charge in [-0.25, -0.2) is 4.39 Å². The largest absolute Gasteiger partial charge is 0.326 e. The van der Waals surface area contributed by atoms with E-state index in [1.807, 2.05) is 25.3 Å². The van der Waals surface area contributed by atoms with Gasteiger partial charge in [-0.2, -0.15) is 0 Å². The fourth-order valence-electron chi connectivity index (χ4n) is 5.82. The van der Waals surface area contributed by atoms with Crippen LogP contribution in [-0.2, 0) is 4.79 Å². The molecular weight excluding hydrogens is 411 g/mol. The standard InChI is InChI=1S/C26H26ClFN2O/c1-15(26(31)30-22-5-2-20(27)3-6-22)16-10-17-12-19(13-18(17)11-16)23-8-9-29-25-7-4-21(28)14-24(23)25/h2-9,14-19H,10-13H2,1H3,(H,30,31). The maximum absolute atomic E-state index is 13.9.